The molecule has 13 heteroatoms. The lowest BCUT2D eigenvalue weighted by atomic mass is 9.99. The van der Waals surface area contributed by atoms with Crippen molar-refractivity contribution in [2.45, 2.75) is 62.4 Å². The van der Waals surface area contributed by atoms with Crippen molar-refractivity contribution in [1.82, 2.24) is 4.31 Å². The summed E-state index contributed by atoms with van der Waals surface area (Å²) in [7, 11) is -5.09. The van der Waals surface area contributed by atoms with Crippen LogP contribution in [0.5, 0.6) is 5.75 Å². The number of carboxylic acids is 1. The van der Waals surface area contributed by atoms with Crippen LogP contribution in [0.15, 0.2) is 76.1 Å². The third kappa shape index (κ3) is 7.89. The number of nitrogens with zero attached hydrogens (tertiary/aromatic N) is 2. The highest BCUT2D eigenvalue weighted by Crippen LogP contribution is 2.46. The zero-order valence-corrected chi connectivity index (χ0v) is 30.4. The molecular weight excluding hydrogens is 761 g/mol. The van der Waals surface area contributed by atoms with Crippen LogP contribution >= 0.6 is 15.9 Å². The number of carbonyl (C=O) groups excluding carboxylic acids is 1. The lowest BCUT2D eigenvalue weighted by Crippen LogP contribution is -2.43. The molecule has 2 aliphatic rings. The summed E-state index contributed by atoms with van der Waals surface area (Å²) in [6.07, 6.45) is 9.87. The van der Waals surface area contributed by atoms with E-state index in [1.807, 2.05) is 12.1 Å². The summed E-state index contributed by atoms with van der Waals surface area (Å²) in [5.41, 5.74) is 3.72. The van der Waals surface area contributed by atoms with Gasteiger partial charge in [-0.1, -0.05) is 42.3 Å². The lowest BCUT2D eigenvalue weighted by Gasteiger charge is -2.29. The maximum absolute atomic E-state index is 15.3. The van der Waals surface area contributed by atoms with Gasteiger partial charge >= 0.3 is 5.97 Å². The number of hydrogen-bond acceptors (Lipinski definition) is 5. The molecule has 6 rings (SSSR count). The highest BCUT2D eigenvalue weighted by atomic mass is 79.9. The van der Waals surface area contributed by atoms with E-state index in [4.69, 9.17) is 11.2 Å². The van der Waals surface area contributed by atoms with Gasteiger partial charge in [0.2, 0.25) is 15.9 Å². The molecule has 0 heterocycles. The number of carboxylic acid groups (broad SMARTS) is 1. The third-order valence-electron chi connectivity index (χ3n) is 9.08. The van der Waals surface area contributed by atoms with Gasteiger partial charge in [-0.2, -0.15) is 4.31 Å². The second-order valence-corrected chi connectivity index (χ2v) is 15.6. The standard InChI is InChI=1S/C39H34BrF3N2O6S/c1-3-24-7-5-6-8-28(24)21-44(52(49,50)38-31(40)19-32(41)36(42)37(38)43)22-35(46)45(33-14-13-27(39(47)48)18-34(33)51-4-2)20-23-15-29(25-9-10-25)17-30(16-23)26-11-12-26/h1,5-8,13-19,25-26H,4,9-12,20-22H2,2H3,(H,47,48). The van der Waals surface area contributed by atoms with Crippen molar-refractivity contribution in [1.29, 1.82) is 0 Å². The Morgan fingerprint density at radius 1 is 0.942 bits per heavy atom. The average Bonchev–Trinajstić information content (AvgIpc) is 4.03. The highest BCUT2D eigenvalue weighted by Gasteiger charge is 2.37. The first-order valence-corrected chi connectivity index (χ1v) is 18.9. The SMILES string of the molecule is C#Cc1ccccc1CN(CC(=O)N(Cc1cc(C2CC2)cc(C2CC2)c1)c1ccc(C(=O)O)cc1OCC)S(=O)(=O)c1c(Br)cc(F)c(F)c1F. The summed E-state index contributed by atoms with van der Waals surface area (Å²) < 4.78 is 78.5. The van der Waals surface area contributed by atoms with Gasteiger partial charge < -0.3 is 14.7 Å². The molecule has 0 aliphatic heterocycles. The Morgan fingerprint density at radius 2 is 1.60 bits per heavy atom. The normalized spacial score (nSPS) is 14.2. The van der Waals surface area contributed by atoms with Gasteiger partial charge in [0.25, 0.3) is 0 Å². The Kier molecular flexibility index (Phi) is 10.8. The van der Waals surface area contributed by atoms with Crippen LogP contribution in [0.25, 0.3) is 0 Å². The number of terminal acetylenes is 1. The molecule has 0 saturated heterocycles. The number of ether oxygens (including phenoxy) is 1. The highest BCUT2D eigenvalue weighted by molar-refractivity contribution is 9.10. The molecular formula is C39H34BrF3N2O6S. The third-order valence-corrected chi connectivity index (χ3v) is 11.8. The summed E-state index contributed by atoms with van der Waals surface area (Å²) >= 11 is 2.87. The molecule has 4 aromatic rings. The fraction of sp³-hybridized carbons (Fsp3) is 0.282. The number of halogens is 4. The molecule has 2 saturated carbocycles. The molecule has 8 nitrogen and oxygen atoms in total. The van der Waals surface area contributed by atoms with Crippen LogP contribution in [0.1, 0.15) is 82.6 Å². The number of hydrogen-bond donors (Lipinski definition) is 1. The molecule has 0 radical (unpaired) electrons. The molecule has 4 aromatic carbocycles. The average molecular weight is 796 g/mol. The molecule has 0 unspecified atom stereocenters. The predicted octanol–water partition coefficient (Wildman–Crippen LogP) is 8.12. The number of sulfonamides is 1. The lowest BCUT2D eigenvalue weighted by molar-refractivity contribution is -0.119. The zero-order valence-electron chi connectivity index (χ0n) is 28.0. The second kappa shape index (κ2) is 15.1. The quantitative estimate of drug-likeness (QED) is 0.0786. The molecule has 0 bridgehead atoms. The van der Waals surface area contributed by atoms with Gasteiger partial charge in [-0.15, -0.1) is 6.42 Å². The minimum atomic E-state index is -5.09. The van der Waals surface area contributed by atoms with Gasteiger partial charge in [0.1, 0.15) is 10.6 Å². The van der Waals surface area contributed by atoms with Gasteiger partial charge in [0.15, 0.2) is 17.5 Å². The fourth-order valence-corrected chi connectivity index (χ4v) is 8.60. The fourth-order valence-electron chi connectivity index (χ4n) is 6.14. The first-order valence-electron chi connectivity index (χ1n) is 16.6. The van der Waals surface area contributed by atoms with Crippen LogP contribution in [-0.2, 0) is 27.9 Å². The molecule has 1 amide bonds. The van der Waals surface area contributed by atoms with Gasteiger partial charge in [-0.25, -0.2) is 26.4 Å². The maximum atomic E-state index is 15.3. The first-order chi connectivity index (χ1) is 24.8. The van der Waals surface area contributed by atoms with E-state index in [9.17, 15) is 31.9 Å². The van der Waals surface area contributed by atoms with Crippen molar-refractivity contribution < 1.29 is 41.0 Å². The number of rotatable bonds is 14. The molecule has 270 valence electrons. The van der Waals surface area contributed by atoms with E-state index >= 15 is 4.39 Å². The Labute approximate surface area is 308 Å². The van der Waals surface area contributed by atoms with E-state index in [2.05, 4.69) is 27.9 Å². The van der Waals surface area contributed by atoms with Crippen molar-refractivity contribution in [3.63, 3.8) is 0 Å². The van der Waals surface area contributed by atoms with E-state index in [0.29, 0.717) is 33.3 Å². The smallest absolute Gasteiger partial charge is 0.335 e. The van der Waals surface area contributed by atoms with E-state index < -0.39 is 61.8 Å². The van der Waals surface area contributed by atoms with Gasteiger partial charge in [0, 0.05) is 16.6 Å². The molecule has 2 aliphatic carbocycles. The summed E-state index contributed by atoms with van der Waals surface area (Å²) in [4.78, 5) is 26.7. The maximum Gasteiger partial charge on any atom is 0.335 e. The molecule has 0 atom stereocenters. The van der Waals surface area contributed by atoms with E-state index in [1.54, 1.807) is 25.1 Å². The van der Waals surface area contributed by atoms with Crippen LogP contribution in [0.3, 0.4) is 0 Å². The van der Waals surface area contributed by atoms with Crippen molar-refractivity contribution in [2.75, 3.05) is 18.1 Å². The Hall–Kier alpha value is -4.64. The summed E-state index contributed by atoms with van der Waals surface area (Å²) in [6.45, 7) is 0.316. The van der Waals surface area contributed by atoms with E-state index in [1.165, 1.54) is 29.2 Å². The van der Waals surface area contributed by atoms with Crippen LogP contribution in [-0.4, -0.2) is 42.9 Å². The second-order valence-electron chi connectivity index (χ2n) is 12.8. The van der Waals surface area contributed by atoms with Gasteiger partial charge in [-0.05, 0) is 113 Å². The summed E-state index contributed by atoms with van der Waals surface area (Å²) in [5.74, 6) is -4.25. The molecule has 1 N–H and O–H groups in total. The zero-order chi connectivity index (χ0) is 37.3. The Bertz CT molecular complexity index is 2190. The van der Waals surface area contributed by atoms with Crippen LogP contribution in [0.4, 0.5) is 18.9 Å². The minimum Gasteiger partial charge on any atom is -0.492 e. The molecule has 2 fully saturated rings. The van der Waals surface area contributed by atoms with Crippen molar-refractivity contribution in [3.8, 4) is 18.1 Å². The van der Waals surface area contributed by atoms with Crippen molar-refractivity contribution in [2.24, 2.45) is 0 Å². The minimum absolute atomic E-state index is 0.0519. The first kappa shape index (κ1) is 37.1. The number of carbonyl (C=O) groups is 2. The Balaban J connectivity index is 1.47. The number of benzene rings is 4. The largest absolute Gasteiger partial charge is 0.492 e. The predicted molar refractivity (Wildman–Crippen MR) is 192 cm³/mol. The molecule has 0 spiro atoms. The number of anilines is 1. The Morgan fingerprint density at radius 3 is 2.19 bits per heavy atom. The van der Waals surface area contributed by atoms with Crippen molar-refractivity contribution in [3.05, 3.63) is 122 Å². The van der Waals surface area contributed by atoms with Gasteiger partial charge in [-0.3, -0.25) is 4.79 Å². The van der Waals surface area contributed by atoms with Crippen LogP contribution < -0.4 is 9.64 Å². The molecule has 52 heavy (non-hydrogen) atoms. The summed E-state index contributed by atoms with van der Waals surface area (Å²) in [6, 6.07) is 17.1. The summed E-state index contributed by atoms with van der Waals surface area (Å²) in [5, 5.41) is 9.70. The van der Waals surface area contributed by atoms with Crippen molar-refractivity contribution >= 4 is 43.5 Å². The van der Waals surface area contributed by atoms with Crippen LogP contribution in [0.2, 0.25) is 0 Å². The van der Waals surface area contributed by atoms with Gasteiger partial charge in [0.05, 0.1) is 30.9 Å². The number of aromatic carboxylic acids is 1. The topological polar surface area (TPSA) is 104 Å². The van der Waals surface area contributed by atoms with E-state index in [0.717, 1.165) is 42.4 Å². The monoisotopic (exact) mass is 794 g/mol. The van der Waals surface area contributed by atoms with E-state index in [-0.39, 0.29) is 30.2 Å². The van der Waals surface area contributed by atoms with Crippen LogP contribution in [0, 0.1) is 29.8 Å². The molecule has 0 aromatic heterocycles. The number of amides is 1.